The molecule has 1 aliphatic rings. The van der Waals surface area contributed by atoms with Crippen molar-refractivity contribution in [3.63, 3.8) is 0 Å². The predicted molar refractivity (Wildman–Crippen MR) is 113 cm³/mol. The van der Waals surface area contributed by atoms with Crippen LogP contribution in [0, 0.1) is 5.92 Å². The number of carbonyl (C=O) groups is 1. The fourth-order valence-corrected chi connectivity index (χ4v) is 5.83. The van der Waals surface area contributed by atoms with Crippen molar-refractivity contribution >= 4 is 50.6 Å². The van der Waals surface area contributed by atoms with Gasteiger partial charge in [0.05, 0.1) is 4.90 Å². The van der Waals surface area contributed by atoms with Gasteiger partial charge in [0, 0.05) is 40.5 Å². The summed E-state index contributed by atoms with van der Waals surface area (Å²) in [7, 11) is -3.68. The Labute approximate surface area is 180 Å². The van der Waals surface area contributed by atoms with E-state index in [0.717, 1.165) is 5.56 Å². The summed E-state index contributed by atoms with van der Waals surface area (Å²) < 4.78 is 27.0. The van der Waals surface area contributed by atoms with Gasteiger partial charge in [-0.2, -0.15) is 4.31 Å². The van der Waals surface area contributed by atoms with Crippen LogP contribution in [0.1, 0.15) is 24.8 Å². The topological polar surface area (TPSA) is 54.5 Å². The number of aryl methyl sites for hydroxylation is 1. The van der Waals surface area contributed by atoms with E-state index in [-0.39, 0.29) is 26.6 Å². The molecule has 4 nitrogen and oxygen atoms in total. The first-order valence-corrected chi connectivity index (χ1v) is 11.6. The summed E-state index contributed by atoms with van der Waals surface area (Å²) in [6.45, 7) is 0.601. The van der Waals surface area contributed by atoms with E-state index in [2.05, 4.69) is 0 Å². The Kier molecular flexibility index (Phi) is 7.05. The second-order valence-electron chi connectivity index (χ2n) is 6.84. The van der Waals surface area contributed by atoms with E-state index in [9.17, 15) is 13.2 Å². The van der Waals surface area contributed by atoms with Crippen LogP contribution in [0.15, 0.2) is 47.4 Å². The summed E-state index contributed by atoms with van der Waals surface area (Å²) in [6, 6.07) is 11.8. The normalized spacial score (nSPS) is 16.2. The maximum absolute atomic E-state index is 12.8. The third-order valence-electron chi connectivity index (χ3n) is 4.98. The second-order valence-corrected chi connectivity index (χ2v) is 10.1. The van der Waals surface area contributed by atoms with E-state index in [1.54, 1.807) is 0 Å². The standard InChI is InChI=1S/C20H20Cl3NO3S/c21-16-11-17(22)13-18(12-16)28(26,27)24-9-7-15(8-10-24)20(25)6-5-14-3-1-2-4-19(14)23/h1-4,11-13,15H,5-10H2. The highest BCUT2D eigenvalue weighted by molar-refractivity contribution is 7.89. The van der Waals surface area contributed by atoms with Crippen molar-refractivity contribution in [2.24, 2.45) is 5.92 Å². The van der Waals surface area contributed by atoms with Gasteiger partial charge in [0.25, 0.3) is 0 Å². The molecule has 0 radical (unpaired) electrons. The minimum Gasteiger partial charge on any atom is -0.299 e. The Hall–Kier alpha value is -1.11. The fraction of sp³-hybridized carbons (Fsp3) is 0.350. The van der Waals surface area contributed by atoms with Crippen LogP contribution in [0.25, 0.3) is 0 Å². The second kappa shape index (κ2) is 9.14. The van der Waals surface area contributed by atoms with E-state index in [4.69, 9.17) is 34.8 Å². The SMILES string of the molecule is O=C(CCc1ccccc1Cl)C1CCN(S(=O)(=O)c2cc(Cl)cc(Cl)c2)CC1. The van der Waals surface area contributed by atoms with Crippen molar-refractivity contribution in [3.8, 4) is 0 Å². The lowest BCUT2D eigenvalue weighted by molar-refractivity contribution is -0.123. The number of hydrogen-bond acceptors (Lipinski definition) is 3. The zero-order valence-corrected chi connectivity index (χ0v) is 18.2. The molecule has 8 heteroatoms. The van der Waals surface area contributed by atoms with Gasteiger partial charge in [-0.05, 0) is 49.1 Å². The molecule has 1 heterocycles. The van der Waals surface area contributed by atoms with Gasteiger partial charge in [-0.25, -0.2) is 8.42 Å². The number of ketones is 1. The molecule has 0 atom stereocenters. The molecule has 2 aromatic carbocycles. The monoisotopic (exact) mass is 459 g/mol. The van der Waals surface area contributed by atoms with Crippen molar-refractivity contribution < 1.29 is 13.2 Å². The molecule has 0 N–H and O–H groups in total. The molecule has 0 saturated carbocycles. The van der Waals surface area contributed by atoms with Crippen molar-refractivity contribution in [2.75, 3.05) is 13.1 Å². The first kappa shape index (κ1) is 21.6. The smallest absolute Gasteiger partial charge is 0.243 e. The van der Waals surface area contributed by atoms with Gasteiger partial charge in [-0.1, -0.05) is 53.0 Å². The van der Waals surface area contributed by atoms with Gasteiger partial charge >= 0.3 is 0 Å². The van der Waals surface area contributed by atoms with Crippen LogP contribution in [-0.4, -0.2) is 31.6 Å². The molecule has 0 aliphatic carbocycles. The number of Topliss-reactive ketones (excluding diaryl/α,β-unsaturated/α-hetero) is 1. The number of nitrogens with zero attached hydrogens (tertiary/aromatic N) is 1. The number of hydrogen-bond donors (Lipinski definition) is 0. The largest absolute Gasteiger partial charge is 0.299 e. The maximum atomic E-state index is 12.8. The maximum Gasteiger partial charge on any atom is 0.243 e. The number of sulfonamides is 1. The highest BCUT2D eigenvalue weighted by Crippen LogP contribution is 2.29. The molecular weight excluding hydrogens is 441 g/mol. The van der Waals surface area contributed by atoms with E-state index < -0.39 is 10.0 Å². The van der Waals surface area contributed by atoms with Gasteiger partial charge in [0.15, 0.2) is 0 Å². The summed E-state index contributed by atoms with van der Waals surface area (Å²) in [5.41, 5.74) is 0.954. The Morgan fingerprint density at radius 1 is 1.00 bits per heavy atom. The van der Waals surface area contributed by atoms with E-state index >= 15 is 0 Å². The van der Waals surface area contributed by atoms with Crippen molar-refractivity contribution in [3.05, 3.63) is 63.1 Å². The summed E-state index contributed by atoms with van der Waals surface area (Å²) in [5.74, 6) is 0.0275. The molecule has 2 aromatic rings. The molecular formula is C20H20Cl3NO3S. The number of rotatable bonds is 6. The summed E-state index contributed by atoms with van der Waals surface area (Å²) in [5, 5.41) is 1.21. The van der Waals surface area contributed by atoms with Crippen molar-refractivity contribution in [1.82, 2.24) is 4.31 Å². The van der Waals surface area contributed by atoms with E-state index in [1.165, 1.54) is 22.5 Å². The van der Waals surface area contributed by atoms with Crippen LogP contribution in [0.2, 0.25) is 15.1 Å². The third kappa shape index (κ3) is 5.08. The number of piperidine rings is 1. The van der Waals surface area contributed by atoms with Crippen LogP contribution in [0.5, 0.6) is 0 Å². The van der Waals surface area contributed by atoms with Gasteiger partial charge < -0.3 is 0 Å². The summed E-state index contributed by atoms with van der Waals surface area (Å²) >= 11 is 18.0. The van der Waals surface area contributed by atoms with Gasteiger partial charge in [0.1, 0.15) is 5.78 Å². The lowest BCUT2D eigenvalue weighted by atomic mass is 9.90. The Bertz CT molecular complexity index is 950. The van der Waals surface area contributed by atoms with Crippen LogP contribution in [-0.2, 0) is 21.2 Å². The highest BCUT2D eigenvalue weighted by Gasteiger charge is 2.32. The molecule has 0 bridgehead atoms. The fourth-order valence-electron chi connectivity index (χ4n) is 3.41. The molecule has 28 heavy (non-hydrogen) atoms. The molecule has 3 rings (SSSR count). The first-order chi connectivity index (χ1) is 13.3. The molecule has 0 amide bonds. The van der Waals surface area contributed by atoms with Gasteiger partial charge in [-0.3, -0.25) is 4.79 Å². The van der Waals surface area contributed by atoms with Crippen LogP contribution < -0.4 is 0 Å². The Morgan fingerprint density at radius 3 is 2.21 bits per heavy atom. The molecule has 150 valence electrons. The van der Waals surface area contributed by atoms with Crippen molar-refractivity contribution in [2.45, 2.75) is 30.6 Å². The molecule has 0 unspecified atom stereocenters. The number of carbonyl (C=O) groups excluding carboxylic acids is 1. The average Bonchev–Trinajstić information content (AvgIpc) is 2.66. The molecule has 1 saturated heterocycles. The lowest BCUT2D eigenvalue weighted by Gasteiger charge is -2.30. The van der Waals surface area contributed by atoms with E-state index in [0.29, 0.717) is 43.8 Å². The minimum absolute atomic E-state index is 0.0773. The summed E-state index contributed by atoms with van der Waals surface area (Å²) in [4.78, 5) is 12.6. The molecule has 0 aromatic heterocycles. The van der Waals surface area contributed by atoms with Crippen LogP contribution in [0.4, 0.5) is 0 Å². The van der Waals surface area contributed by atoms with Gasteiger partial charge in [0.2, 0.25) is 10.0 Å². The highest BCUT2D eigenvalue weighted by atomic mass is 35.5. The zero-order chi connectivity index (χ0) is 20.3. The molecule has 1 aliphatic heterocycles. The zero-order valence-electron chi connectivity index (χ0n) is 15.1. The van der Waals surface area contributed by atoms with Crippen LogP contribution in [0.3, 0.4) is 0 Å². The quantitative estimate of drug-likeness (QED) is 0.591. The van der Waals surface area contributed by atoms with Crippen molar-refractivity contribution in [1.29, 1.82) is 0 Å². The number of benzene rings is 2. The molecule has 0 spiro atoms. The summed E-state index contributed by atoms with van der Waals surface area (Å²) in [6.07, 6.45) is 2.02. The minimum atomic E-state index is -3.68. The predicted octanol–water partition coefficient (Wildman–Crippen LogP) is 5.25. The average molecular weight is 461 g/mol. The Morgan fingerprint density at radius 2 is 1.61 bits per heavy atom. The third-order valence-corrected chi connectivity index (χ3v) is 7.66. The number of halogens is 3. The first-order valence-electron chi connectivity index (χ1n) is 9.00. The molecule has 1 fully saturated rings. The van der Waals surface area contributed by atoms with Crippen LogP contribution >= 0.6 is 34.8 Å². The van der Waals surface area contributed by atoms with Gasteiger partial charge in [-0.15, -0.1) is 0 Å². The lowest BCUT2D eigenvalue weighted by Crippen LogP contribution is -2.40. The Balaban J connectivity index is 1.59. The van der Waals surface area contributed by atoms with E-state index in [1.807, 2.05) is 24.3 Å².